The maximum atomic E-state index is 5.62. The minimum absolute atomic E-state index is 0.445. The van der Waals surface area contributed by atoms with Crippen LogP contribution in [-0.2, 0) is 6.42 Å². The van der Waals surface area contributed by atoms with E-state index in [1.807, 2.05) is 5.38 Å². The Morgan fingerprint density at radius 1 is 1.35 bits per heavy atom. The Labute approximate surface area is 122 Å². The molecule has 20 heavy (non-hydrogen) atoms. The SMILES string of the molecule is CC1(C)CCC(c2noc(Cc3csc(N)n3)n2)CC1. The summed E-state index contributed by atoms with van der Waals surface area (Å²) in [6.07, 6.45) is 5.32. The lowest BCUT2D eigenvalue weighted by atomic mass is 9.73. The lowest BCUT2D eigenvalue weighted by Gasteiger charge is -2.32. The molecule has 3 rings (SSSR count). The molecule has 0 spiro atoms. The molecule has 2 aromatic heterocycles. The third kappa shape index (κ3) is 3.00. The third-order valence-corrected chi connectivity index (χ3v) is 4.81. The van der Waals surface area contributed by atoms with Gasteiger partial charge in [0.1, 0.15) is 0 Å². The highest BCUT2D eigenvalue weighted by atomic mass is 32.1. The Hall–Kier alpha value is -1.43. The third-order valence-electron chi connectivity index (χ3n) is 4.09. The Balaban J connectivity index is 1.65. The second kappa shape index (κ2) is 5.16. The Morgan fingerprint density at radius 3 is 2.75 bits per heavy atom. The molecule has 2 aromatic rings. The minimum atomic E-state index is 0.445. The maximum Gasteiger partial charge on any atom is 0.232 e. The highest BCUT2D eigenvalue weighted by Crippen LogP contribution is 2.41. The van der Waals surface area contributed by atoms with Gasteiger partial charge in [-0.25, -0.2) is 4.98 Å². The molecule has 1 fully saturated rings. The number of anilines is 1. The van der Waals surface area contributed by atoms with E-state index in [2.05, 4.69) is 29.0 Å². The van der Waals surface area contributed by atoms with Crippen LogP contribution in [0.1, 0.15) is 62.9 Å². The summed E-state index contributed by atoms with van der Waals surface area (Å²) in [7, 11) is 0. The molecule has 0 bridgehead atoms. The number of nitrogen functional groups attached to an aromatic ring is 1. The van der Waals surface area contributed by atoms with Crippen LogP contribution in [0.4, 0.5) is 5.13 Å². The molecule has 1 saturated carbocycles. The van der Waals surface area contributed by atoms with Crippen LogP contribution in [0.2, 0.25) is 0 Å². The van der Waals surface area contributed by atoms with E-state index >= 15 is 0 Å². The fourth-order valence-corrected chi connectivity index (χ4v) is 3.28. The summed E-state index contributed by atoms with van der Waals surface area (Å²) in [5.74, 6) is 1.94. The first-order valence-corrected chi connectivity index (χ1v) is 7.92. The molecule has 2 N–H and O–H groups in total. The average Bonchev–Trinajstić information content (AvgIpc) is 3.00. The Morgan fingerprint density at radius 2 is 2.10 bits per heavy atom. The monoisotopic (exact) mass is 292 g/mol. The van der Waals surface area contributed by atoms with Crippen LogP contribution in [0.15, 0.2) is 9.90 Å². The minimum Gasteiger partial charge on any atom is -0.375 e. The van der Waals surface area contributed by atoms with E-state index in [1.165, 1.54) is 24.2 Å². The summed E-state index contributed by atoms with van der Waals surface area (Å²) in [5, 5.41) is 6.66. The molecule has 6 heteroatoms. The topological polar surface area (TPSA) is 77.8 Å². The van der Waals surface area contributed by atoms with E-state index < -0.39 is 0 Å². The molecule has 0 radical (unpaired) electrons. The highest BCUT2D eigenvalue weighted by molar-refractivity contribution is 7.13. The van der Waals surface area contributed by atoms with Gasteiger partial charge in [0.05, 0.1) is 12.1 Å². The van der Waals surface area contributed by atoms with Gasteiger partial charge in [0.15, 0.2) is 11.0 Å². The van der Waals surface area contributed by atoms with E-state index in [9.17, 15) is 0 Å². The van der Waals surface area contributed by atoms with Gasteiger partial charge in [0.25, 0.3) is 0 Å². The van der Waals surface area contributed by atoms with Crippen LogP contribution in [-0.4, -0.2) is 15.1 Å². The number of nitrogens with two attached hydrogens (primary N) is 1. The van der Waals surface area contributed by atoms with Crippen molar-refractivity contribution in [3.63, 3.8) is 0 Å². The summed E-state index contributed by atoms with van der Waals surface area (Å²) < 4.78 is 5.35. The normalized spacial score (nSPS) is 19.3. The molecule has 0 aromatic carbocycles. The van der Waals surface area contributed by atoms with Crippen molar-refractivity contribution in [1.29, 1.82) is 0 Å². The molecule has 0 saturated heterocycles. The zero-order chi connectivity index (χ0) is 14.2. The molecule has 1 aliphatic rings. The summed E-state index contributed by atoms with van der Waals surface area (Å²) in [6, 6.07) is 0. The summed E-state index contributed by atoms with van der Waals surface area (Å²) in [5.41, 5.74) is 6.98. The van der Waals surface area contributed by atoms with Gasteiger partial charge in [0.2, 0.25) is 5.89 Å². The van der Waals surface area contributed by atoms with Crippen LogP contribution in [0.25, 0.3) is 0 Å². The van der Waals surface area contributed by atoms with Crippen molar-refractivity contribution >= 4 is 16.5 Å². The molecular weight excluding hydrogens is 272 g/mol. The molecule has 0 unspecified atom stereocenters. The van der Waals surface area contributed by atoms with Crippen molar-refractivity contribution in [3.8, 4) is 0 Å². The van der Waals surface area contributed by atoms with Crippen LogP contribution >= 0.6 is 11.3 Å². The van der Waals surface area contributed by atoms with Crippen LogP contribution < -0.4 is 5.73 Å². The van der Waals surface area contributed by atoms with Gasteiger partial charge in [-0.2, -0.15) is 4.98 Å². The van der Waals surface area contributed by atoms with Gasteiger partial charge < -0.3 is 10.3 Å². The predicted octanol–water partition coefficient (Wildman–Crippen LogP) is 3.38. The van der Waals surface area contributed by atoms with Crippen LogP contribution in [0, 0.1) is 5.41 Å². The first-order valence-electron chi connectivity index (χ1n) is 7.04. The van der Waals surface area contributed by atoms with E-state index in [-0.39, 0.29) is 0 Å². The van der Waals surface area contributed by atoms with Gasteiger partial charge >= 0.3 is 0 Å². The fourth-order valence-electron chi connectivity index (χ4n) is 2.72. The Kier molecular flexibility index (Phi) is 3.50. The number of nitrogens with zero attached hydrogens (tertiary/aromatic N) is 3. The van der Waals surface area contributed by atoms with E-state index in [4.69, 9.17) is 10.3 Å². The number of hydrogen-bond acceptors (Lipinski definition) is 6. The lowest BCUT2D eigenvalue weighted by molar-refractivity contribution is 0.218. The standard InChI is InChI=1S/C14H20N4OS/c1-14(2)5-3-9(4-6-14)12-17-11(19-18-12)7-10-8-20-13(15)16-10/h8-9H,3-7H2,1-2H3,(H2,15,16). The molecule has 0 atom stereocenters. The van der Waals surface area contributed by atoms with Crippen molar-refractivity contribution in [2.45, 2.75) is 51.9 Å². The largest absolute Gasteiger partial charge is 0.375 e. The number of thiazole rings is 1. The van der Waals surface area contributed by atoms with Crippen LogP contribution in [0.3, 0.4) is 0 Å². The van der Waals surface area contributed by atoms with Crippen molar-refractivity contribution < 1.29 is 4.52 Å². The number of aromatic nitrogens is 3. The quantitative estimate of drug-likeness (QED) is 0.938. The van der Waals surface area contributed by atoms with Crippen molar-refractivity contribution in [1.82, 2.24) is 15.1 Å². The summed E-state index contributed by atoms with van der Waals surface area (Å²) in [4.78, 5) is 8.75. The molecule has 108 valence electrons. The fraction of sp³-hybridized carbons (Fsp3) is 0.643. The lowest BCUT2D eigenvalue weighted by Crippen LogP contribution is -2.20. The zero-order valence-corrected chi connectivity index (χ0v) is 12.7. The van der Waals surface area contributed by atoms with Gasteiger partial charge in [-0.05, 0) is 31.1 Å². The molecule has 5 nitrogen and oxygen atoms in total. The highest BCUT2D eigenvalue weighted by Gasteiger charge is 2.30. The van der Waals surface area contributed by atoms with Crippen molar-refractivity contribution in [3.05, 3.63) is 22.8 Å². The predicted molar refractivity (Wildman–Crippen MR) is 78.6 cm³/mol. The molecule has 0 amide bonds. The number of rotatable bonds is 3. The second-order valence-electron chi connectivity index (χ2n) is 6.34. The molecule has 2 heterocycles. The van der Waals surface area contributed by atoms with E-state index in [0.717, 1.165) is 24.4 Å². The molecule has 0 aliphatic heterocycles. The van der Waals surface area contributed by atoms with Crippen LogP contribution in [0.5, 0.6) is 0 Å². The van der Waals surface area contributed by atoms with Crippen molar-refractivity contribution in [2.24, 2.45) is 5.41 Å². The number of hydrogen-bond donors (Lipinski definition) is 1. The van der Waals surface area contributed by atoms with Gasteiger partial charge in [-0.3, -0.25) is 0 Å². The maximum absolute atomic E-state index is 5.62. The van der Waals surface area contributed by atoms with Gasteiger partial charge in [-0.15, -0.1) is 11.3 Å². The Bertz CT molecular complexity index is 580. The van der Waals surface area contributed by atoms with Crippen molar-refractivity contribution in [2.75, 3.05) is 5.73 Å². The second-order valence-corrected chi connectivity index (χ2v) is 7.23. The zero-order valence-electron chi connectivity index (χ0n) is 11.9. The molecule has 1 aliphatic carbocycles. The first-order chi connectivity index (χ1) is 9.52. The van der Waals surface area contributed by atoms with Gasteiger partial charge in [-0.1, -0.05) is 19.0 Å². The summed E-state index contributed by atoms with van der Waals surface area (Å²) >= 11 is 1.44. The molecular formula is C14H20N4OS. The van der Waals surface area contributed by atoms with E-state index in [0.29, 0.717) is 28.8 Å². The van der Waals surface area contributed by atoms with E-state index in [1.54, 1.807) is 0 Å². The van der Waals surface area contributed by atoms with Gasteiger partial charge in [0, 0.05) is 11.3 Å². The average molecular weight is 292 g/mol. The smallest absolute Gasteiger partial charge is 0.232 e. The summed E-state index contributed by atoms with van der Waals surface area (Å²) in [6.45, 7) is 4.66. The first kappa shape index (κ1) is 13.5.